The largest absolute Gasteiger partial charge is 0.300 e. The first-order valence-corrected chi connectivity index (χ1v) is 7.68. The van der Waals surface area contributed by atoms with Crippen molar-refractivity contribution in [2.24, 2.45) is 0 Å². The normalized spacial score (nSPS) is 10.4. The second kappa shape index (κ2) is 7.75. The van der Waals surface area contributed by atoms with Crippen LogP contribution in [-0.4, -0.2) is 26.7 Å². The molecule has 0 bridgehead atoms. The highest BCUT2D eigenvalue weighted by Crippen LogP contribution is 2.19. The number of carbonyl (C=O) groups is 1. The van der Waals surface area contributed by atoms with E-state index in [1.165, 1.54) is 0 Å². The minimum absolute atomic E-state index is 0.308. The Bertz CT molecular complexity index is 560. The first-order valence-electron chi connectivity index (χ1n) is 6.69. The molecule has 1 aromatic carbocycles. The lowest BCUT2D eigenvalue weighted by Gasteiger charge is -2.02. The fraction of sp³-hybridized carbons (Fsp3) is 0.333. The van der Waals surface area contributed by atoms with Gasteiger partial charge in [0.05, 0.1) is 11.9 Å². The van der Waals surface area contributed by atoms with Crippen LogP contribution < -0.4 is 0 Å². The van der Waals surface area contributed by atoms with E-state index in [0.29, 0.717) is 23.8 Å². The van der Waals surface area contributed by atoms with E-state index in [2.05, 4.69) is 15.2 Å². The van der Waals surface area contributed by atoms with Crippen LogP contribution in [0.5, 0.6) is 0 Å². The van der Waals surface area contributed by atoms with Crippen LogP contribution in [0, 0.1) is 0 Å². The van der Waals surface area contributed by atoms with Gasteiger partial charge in [0.2, 0.25) is 5.16 Å². The fourth-order valence-electron chi connectivity index (χ4n) is 1.71. The summed E-state index contributed by atoms with van der Waals surface area (Å²) in [5, 5.41) is 8.67. The highest BCUT2D eigenvalue weighted by molar-refractivity contribution is 7.99. The zero-order chi connectivity index (χ0) is 14.2. The predicted octanol–water partition coefficient (Wildman–Crippen LogP) is 3.39. The van der Waals surface area contributed by atoms with Crippen LogP contribution in [0.15, 0.2) is 41.7 Å². The average molecular weight is 287 g/mol. The van der Waals surface area contributed by atoms with Crippen molar-refractivity contribution in [2.75, 3.05) is 5.75 Å². The molecule has 0 aliphatic carbocycles. The lowest BCUT2D eigenvalue weighted by molar-refractivity contribution is -0.118. The van der Waals surface area contributed by atoms with Gasteiger partial charge in [0, 0.05) is 24.2 Å². The molecular formula is C15H17N3OS. The summed E-state index contributed by atoms with van der Waals surface area (Å²) < 4.78 is 0. The first kappa shape index (κ1) is 14.7. The van der Waals surface area contributed by atoms with Gasteiger partial charge in [0.15, 0.2) is 0 Å². The van der Waals surface area contributed by atoms with E-state index in [1.807, 2.05) is 37.3 Å². The van der Waals surface area contributed by atoms with Crippen LogP contribution >= 0.6 is 11.8 Å². The molecule has 0 saturated heterocycles. The second-order valence-electron chi connectivity index (χ2n) is 4.33. The van der Waals surface area contributed by atoms with E-state index < -0.39 is 0 Å². The minimum Gasteiger partial charge on any atom is -0.300 e. The maximum absolute atomic E-state index is 11.2. The molecule has 0 amide bonds. The van der Waals surface area contributed by atoms with Gasteiger partial charge >= 0.3 is 0 Å². The summed E-state index contributed by atoms with van der Waals surface area (Å²) in [4.78, 5) is 15.7. The summed E-state index contributed by atoms with van der Waals surface area (Å²) in [5.41, 5.74) is 1.86. The van der Waals surface area contributed by atoms with Crippen molar-refractivity contribution in [3.63, 3.8) is 0 Å². The van der Waals surface area contributed by atoms with Gasteiger partial charge in [-0.25, -0.2) is 4.98 Å². The van der Waals surface area contributed by atoms with Crippen molar-refractivity contribution in [2.45, 2.75) is 31.3 Å². The van der Waals surface area contributed by atoms with Crippen molar-refractivity contribution in [1.82, 2.24) is 15.2 Å². The average Bonchev–Trinajstić information content (AvgIpc) is 2.52. The summed E-state index contributed by atoms with van der Waals surface area (Å²) in [6, 6.07) is 9.91. The molecule has 2 aromatic rings. The number of aromatic nitrogens is 3. The van der Waals surface area contributed by atoms with Crippen molar-refractivity contribution >= 4 is 17.5 Å². The number of thioether (sulfide) groups is 1. The quantitative estimate of drug-likeness (QED) is 0.577. The molecule has 0 aliphatic rings. The third-order valence-electron chi connectivity index (χ3n) is 2.83. The molecule has 0 saturated carbocycles. The SMILES string of the molecule is CCC(=O)CCCSc1nncc(-c2ccccc2)n1. The topological polar surface area (TPSA) is 55.7 Å². The van der Waals surface area contributed by atoms with Gasteiger partial charge in [-0.3, -0.25) is 4.79 Å². The molecular weight excluding hydrogens is 270 g/mol. The van der Waals surface area contributed by atoms with Crippen molar-refractivity contribution in [3.8, 4) is 11.3 Å². The Morgan fingerprint density at radius 2 is 2.05 bits per heavy atom. The number of benzene rings is 1. The number of ketones is 1. The van der Waals surface area contributed by atoms with E-state index in [4.69, 9.17) is 0 Å². The van der Waals surface area contributed by atoms with Crippen LogP contribution in [0.1, 0.15) is 26.2 Å². The lowest BCUT2D eigenvalue weighted by Crippen LogP contribution is -1.97. The van der Waals surface area contributed by atoms with Gasteiger partial charge in [0.1, 0.15) is 5.78 Å². The molecule has 2 rings (SSSR count). The van der Waals surface area contributed by atoms with Crippen LogP contribution in [0.2, 0.25) is 0 Å². The first-order chi connectivity index (χ1) is 9.79. The Morgan fingerprint density at radius 1 is 1.25 bits per heavy atom. The summed E-state index contributed by atoms with van der Waals surface area (Å²) in [6.45, 7) is 1.89. The molecule has 4 nitrogen and oxygen atoms in total. The van der Waals surface area contributed by atoms with Crippen molar-refractivity contribution in [3.05, 3.63) is 36.5 Å². The molecule has 0 unspecified atom stereocenters. The molecule has 0 N–H and O–H groups in total. The molecule has 0 aliphatic heterocycles. The molecule has 0 radical (unpaired) electrons. The highest BCUT2D eigenvalue weighted by atomic mass is 32.2. The molecule has 0 fully saturated rings. The smallest absolute Gasteiger partial charge is 0.209 e. The standard InChI is InChI=1S/C15H17N3OS/c1-2-13(19)9-6-10-20-15-17-14(11-16-18-15)12-7-4-3-5-8-12/h3-5,7-8,11H,2,6,9-10H2,1H3. The number of hydrogen-bond donors (Lipinski definition) is 0. The zero-order valence-corrected chi connectivity index (χ0v) is 12.3. The Labute approximate surface area is 123 Å². The summed E-state index contributed by atoms with van der Waals surface area (Å²) >= 11 is 1.54. The third-order valence-corrected chi connectivity index (χ3v) is 3.76. The fourth-order valence-corrected chi connectivity index (χ4v) is 2.44. The van der Waals surface area contributed by atoms with Gasteiger partial charge in [-0.05, 0) is 6.42 Å². The molecule has 5 heteroatoms. The number of Topliss-reactive ketones (excluding diaryl/α,β-unsaturated/α-hetero) is 1. The maximum Gasteiger partial charge on any atom is 0.209 e. The predicted molar refractivity (Wildman–Crippen MR) is 80.5 cm³/mol. The van der Waals surface area contributed by atoms with E-state index in [-0.39, 0.29) is 0 Å². The second-order valence-corrected chi connectivity index (χ2v) is 5.40. The van der Waals surface area contributed by atoms with Gasteiger partial charge in [-0.15, -0.1) is 5.10 Å². The van der Waals surface area contributed by atoms with E-state index in [1.54, 1.807) is 18.0 Å². The number of rotatable bonds is 7. The highest BCUT2D eigenvalue weighted by Gasteiger charge is 2.04. The van der Waals surface area contributed by atoms with E-state index >= 15 is 0 Å². The molecule has 1 heterocycles. The third kappa shape index (κ3) is 4.42. The van der Waals surface area contributed by atoms with E-state index in [0.717, 1.165) is 23.4 Å². The van der Waals surface area contributed by atoms with Crippen LogP contribution in [-0.2, 0) is 4.79 Å². The van der Waals surface area contributed by atoms with Crippen molar-refractivity contribution < 1.29 is 4.79 Å². The summed E-state index contributed by atoms with van der Waals surface area (Å²) in [6.07, 6.45) is 3.78. The van der Waals surface area contributed by atoms with Crippen molar-refractivity contribution in [1.29, 1.82) is 0 Å². The molecule has 0 atom stereocenters. The van der Waals surface area contributed by atoms with Crippen LogP contribution in [0.4, 0.5) is 0 Å². The molecule has 0 spiro atoms. The van der Waals surface area contributed by atoms with Crippen LogP contribution in [0.25, 0.3) is 11.3 Å². The number of nitrogens with zero attached hydrogens (tertiary/aromatic N) is 3. The van der Waals surface area contributed by atoms with E-state index in [9.17, 15) is 4.79 Å². The Kier molecular flexibility index (Phi) is 5.68. The Balaban J connectivity index is 1.92. The molecule has 20 heavy (non-hydrogen) atoms. The van der Waals surface area contributed by atoms with Gasteiger partial charge in [-0.1, -0.05) is 49.0 Å². The Hall–Kier alpha value is -1.75. The maximum atomic E-state index is 11.2. The number of hydrogen-bond acceptors (Lipinski definition) is 5. The van der Waals surface area contributed by atoms with Gasteiger partial charge < -0.3 is 0 Å². The van der Waals surface area contributed by atoms with Gasteiger partial charge in [0.25, 0.3) is 0 Å². The molecule has 104 valence electrons. The minimum atomic E-state index is 0.308. The lowest BCUT2D eigenvalue weighted by atomic mass is 10.2. The molecule has 1 aromatic heterocycles. The monoisotopic (exact) mass is 287 g/mol. The number of carbonyl (C=O) groups excluding carboxylic acids is 1. The summed E-state index contributed by atoms with van der Waals surface area (Å²) in [5.74, 6) is 1.15. The van der Waals surface area contributed by atoms with Gasteiger partial charge in [-0.2, -0.15) is 5.10 Å². The van der Waals surface area contributed by atoms with Crippen LogP contribution in [0.3, 0.4) is 0 Å². The summed E-state index contributed by atoms with van der Waals surface area (Å²) in [7, 11) is 0. The zero-order valence-electron chi connectivity index (χ0n) is 11.5. The Morgan fingerprint density at radius 3 is 2.80 bits per heavy atom.